The fourth-order valence-electron chi connectivity index (χ4n) is 2.60. The Morgan fingerprint density at radius 1 is 1.53 bits per heavy atom. The van der Waals surface area contributed by atoms with Gasteiger partial charge in [0, 0.05) is 25.3 Å². The first-order chi connectivity index (χ1) is 9.11. The number of carboxylic acids is 1. The molecule has 19 heavy (non-hydrogen) atoms. The number of hydrogen-bond acceptors (Lipinski definition) is 4. The monoisotopic (exact) mass is 263 g/mol. The Kier molecular flexibility index (Phi) is 4.37. The predicted octanol–water partition coefficient (Wildman–Crippen LogP) is 1.70. The van der Waals surface area contributed by atoms with Gasteiger partial charge < -0.3 is 14.9 Å². The third-order valence-electron chi connectivity index (χ3n) is 3.66. The molecule has 1 atom stereocenters. The Morgan fingerprint density at radius 2 is 2.32 bits per heavy atom. The van der Waals surface area contributed by atoms with Gasteiger partial charge in [0.2, 0.25) is 0 Å². The van der Waals surface area contributed by atoms with Gasteiger partial charge in [0.05, 0.1) is 5.56 Å². The van der Waals surface area contributed by atoms with Crippen LogP contribution in [-0.4, -0.2) is 53.7 Å². The lowest BCUT2D eigenvalue weighted by molar-refractivity contribution is 0.0697. The highest BCUT2D eigenvalue weighted by atomic mass is 16.4. The van der Waals surface area contributed by atoms with Crippen LogP contribution in [0, 0.1) is 0 Å². The van der Waals surface area contributed by atoms with Crippen LogP contribution >= 0.6 is 0 Å². The molecule has 0 saturated carbocycles. The molecule has 1 aromatic rings. The molecule has 1 aromatic heterocycles. The first-order valence-corrected chi connectivity index (χ1v) is 6.76. The summed E-state index contributed by atoms with van der Waals surface area (Å²) in [4.78, 5) is 20.0. The summed E-state index contributed by atoms with van der Waals surface area (Å²) >= 11 is 0. The number of carbonyl (C=O) groups is 1. The zero-order chi connectivity index (χ0) is 13.8. The molecule has 104 valence electrons. The normalized spacial score (nSPS) is 21.2. The van der Waals surface area contributed by atoms with Gasteiger partial charge in [-0.25, -0.2) is 9.78 Å². The number of hydrogen-bond donors (Lipinski definition) is 1. The fraction of sp³-hybridized carbons (Fsp3) is 0.571. The van der Waals surface area contributed by atoms with E-state index in [0.717, 1.165) is 38.3 Å². The first kappa shape index (κ1) is 13.8. The van der Waals surface area contributed by atoms with Crippen LogP contribution < -0.4 is 4.90 Å². The van der Waals surface area contributed by atoms with Gasteiger partial charge in [0.1, 0.15) is 5.82 Å². The standard InChI is InChI=1S/C14H21N3O2/c1-3-12-10-16(2)7-4-8-17(12)13-9-11(14(18)19)5-6-15-13/h5-6,9,12H,3-4,7-8,10H2,1-2H3,(H,18,19). The van der Waals surface area contributed by atoms with Crippen molar-refractivity contribution in [2.75, 3.05) is 31.6 Å². The minimum Gasteiger partial charge on any atom is -0.478 e. The molecule has 2 rings (SSSR count). The molecule has 1 N–H and O–H groups in total. The van der Waals surface area contributed by atoms with Crippen molar-refractivity contribution in [3.63, 3.8) is 0 Å². The van der Waals surface area contributed by atoms with Crippen LogP contribution in [-0.2, 0) is 0 Å². The molecule has 0 radical (unpaired) electrons. The second-order valence-electron chi connectivity index (χ2n) is 5.08. The summed E-state index contributed by atoms with van der Waals surface area (Å²) in [7, 11) is 2.13. The molecule has 0 amide bonds. The molecule has 0 aromatic carbocycles. The van der Waals surface area contributed by atoms with Crippen LogP contribution in [0.4, 0.5) is 5.82 Å². The summed E-state index contributed by atoms with van der Waals surface area (Å²) in [6.45, 7) is 5.16. The van der Waals surface area contributed by atoms with Crippen molar-refractivity contribution >= 4 is 11.8 Å². The molecule has 1 aliphatic rings. The van der Waals surface area contributed by atoms with E-state index in [-0.39, 0.29) is 0 Å². The Morgan fingerprint density at radius 3 is 3.00 bits per heavy atom. The van der Waals surface area contributed by atoms with Crippen LogP contribution in [0.1, 0.15) is 30.1 Å². The maximum Gasteiger partial charge on any atom is 0.335 e. The minimum atomic E-state index is -0.899. The average molecular weight is 263 g/mol. The number of likely N-dealkylation sites (N-methyl/N-ethyl adjacent to an activating group) is 1. The Balaban J connectivity index is 2.27. The van der Waals surface area contributed by atoms with Gasteiger partial charge in [0.25, 0.3) is 0 Å². The zero-order valence-electron chi connectivity index (χ0n) is 11.5. The largest absolute Gasteiger partial charge is 0.478 e. The van der Waals surface area contributed by atoms with E-state index in [1.165, 1.54) is 6.07 Å². The van der Waals surface area contributed by atoms with Crippen molar-refractivity contribution in [3.8, 4) is 0 Å². The summed E-state index contributed by atoms with van der Waals surface area (Å²) in [5.41, 5.74) is 0.303. The van der Waals surface area contributed by atoms with Crippen molar-refractivity contribution in [3.05, 3.63) is 23.9 Å². The maximum absolute atomic E-state index is 11.1. The summed E-state index contributed by atoms with van der Waals surface area (Å²) in [5, 5.41) is 9.07. The molecule has 5 nitrogen and oxygen atoms in total. The van der Waals surface area contributed by atoms with Gasteiger partial charge in [-0.15, -0.1) is 0 Å². The van der Waals surface area contributed by atoms with E-state index in [4.69, 9.17) is 5.11 Å². The summed E-state index contributed by atoms with van der Waals surface area (Å²) in [5.74, 6) is -0.120. The van der Waals surface area contributed by atoms with Crippen LogP contribution in [0.2, 0.25) is 0 Å². The zero-order valence-corrected chi connectivity index (χ0v) is 11.5. The van der Waals surface area contributed by atoms with Crippen LogP contribution in [0.5, 0.6) is 0 Å². The van der Waals surface area contributed by atoms with Gasteiger partial charge in [-0.05, 0) is 38.6 Å². The number of nitrogens with zero attached hydrogens (tertiary/aromatic N) is 3. The lowest BCUT2D eigenvalue weighted by atomic mass is 10.1. The van der Waals surface area contributed by atoms with Crippen molar-refractivity contribution < 1.29 is 9.90 Å². The van der Waals surface area contributed by atoms with Crippen molar-refractivity contribution in [1.82, 2.24) is 9.88 Å². The van der Waals surface area contributed by atoms with Crippen LogP contribution in [0.3, 0.4) is 0 Å². The molecular weight excluding hydrogens is 242 g/mol. The summed E-state index contributed by atoms with van der Waals surface area (Å²) in [6, 6.07) is 3.61. The second-order valence-corrected chi connectivity index (χ2v) is 5.08. The fourth-order valence-corrected chi connectivity index (χ4v) is 2.60. The average Bonchev–Trinajstić information content (AvgIpc) is 2.60. The summed E-state index contributed by atoms with van der Waals surface area (Å²) in [6.07, 6.45) is 3.69. The van der Waals surface area contributed by atoms with Crippen molar-refractivity contribution in [2.45, 2.75) is 25.8 Å². The minimum absolute atomic E-state index is 0.303. The lowest BCUT2D eigenvalue weighted by Gasteiger charge is -2.31. The topological polar surface area (TPSA) is 56.7 Å². The number of pyridine rings is 1. The highest BCUT2D eigenvalue weighted by Gasteiger charge is 2.23. The number of aromatic carboxylic acids is 1. The SMILES string of the molecule is CCC1CN(C)CCCN1c1cc(C(=O)O)ccn1. The van der Waals surface area contributed by atoms with E-state index in [0.29, 0.717) is 11.6 Å². The van der Waals surface area contributed by atoms with Gasteiger partial charge in [-0.1, -0.05) is 6.92 Å². The Labute approximate surface area is 113 Å². The second kappa shape index (κ2) is 6.02. The van der Waals surface area contributed by atoms with Gasteiger partial charge in [-0.2, -0.15) is 0 Å². The third kappa shape index (κ3) is 3.23. The molecule has 1 fully saturated rings. The molecule has 1 saturated heterocycles. The van der Waals surface area contributed by atoms with E-state index < -0.39 is 5.97 Å². The van der Waals surface area contributed by atoms with Crippen LogP contribution in [0.25, 0.3) is 0 Å². The quantitative estimate of drug-likeness (QED) is 0.899. The predicted molar refractivity (Wildman–Crippen MR) is 74.7 cm³/mol. The molecule has 2 heterocycles. The molecule has 0 bridgehead atoms. The van der Waals surface area contributed by atoms with Gasteiger partial charge in [-0.3, -0.25) is 0 Å². The van der Waals surface area contributed by atoms with Gasteiger partial charge in [0.15, 0.2) is 0 Å². The Hall–Kier alpha value is -1.62. The molecular formula is C14H21N3O2. The van der Waals surface area contributed by atoms with Crippen molar-refractivity contribution in [1.29, 1.82) is 0 Å². The highest BCUT2D eigenvalue weighted by molar-refractivity contribution is 5.88. The molecule has 0 spiro atoms. The van der Waals surface area contributed by atoms with E-state index in [1.807, 2.05) is 0 Å². The van der Waals surface area contributed by atoms with E-state index in [2.05, 4.69) is 28.8 Å². The third-order valence-corrected chi connectivity index (χ3v) is 3.66. The number of rotatable bonds is 3. The highest BCUT2D eigenvalue weighted by Crippen LogP contribution is 2.20. The summed E-state index contributed by atoms with van der Waals surface area (Å²) < 4.78 is 0. The number of carboxylic acid groups (broad SMARTS) is 1. The first-order valence-electron chi connectivity index (χ1n) is 6.76. The maximum atomic E-state index is 11.1. The molecule has 0 aliphatic carbocycles. The molecule has 5 heteroatoms. The van der Waals surface area contributed by atoms with E-state index in [9.17, 15) is 4.79 Å². The van der Waals surface area contributed by atoms with E-state index >= 15 is 0 Å². The lowest BCUT2D eigenvalue weighted by Crippen LogP contribution is -2.40. The van der Waals surface area contributed by atoms with Crippen molar-refractivity contribution in [2.24, 2.45) is 0 Å². The smallest absolute Gasteiger partial charge is 0.335 e. The Bertz CT molecular complexity index is 450. The van der Waals surface area contributed by atoms with E-state index in [1.54, 1.807) is 12.3 Å². The van der Waals surface area contributed by atoms with Gasteiger partial charge >= 0.3 is 5.97 Å². The molecule has 1 unspecified atom stereocenters. The number of aromatic nitrogens is 1. The van der Waals surface area contributed by atoms with Crippen LogP contribution in [0.15, 0.2) is 18.3 Å². The molecule has 1 aliphatic heterocycles. The number of anilines is 1.